The molecule has 1 aliphatic rings. The fourth-order valence-electron chi connectivity index (χ4n) is 2.31. The fraction of sp³-hybridized carbons (Fsp3) is 0.400. The van der Waals surface area contributed by atoms with Crippen LogP contribution >= 0.6 is 12.2 Å². The third kappa shape index (κ3) is 2.39. The number of azide groups is 1. The molecule has 108 valence electrons. The second kappa shape index (κ2) is 5.04. The van der Waals surface area contributed by atoms with Crippen LogP contribution in [0.4, 0.5) is 5.95 Å². The van der Waals surface area contributed by atoms with Crippen LogP contribution in [0.3, 0.4) is 0 Å². The van der Waals surface area contributed by atoms with Gasteiger partial charge in [-0.1, -0.05) is 5.11 Å². The molecule has 0 spiro atoms. The van der Waals surface area contributed by atoms with Crippen molar-refractivity contribution in [2.45, 2.75) is 6.42 Å². The second-order valence-corrected chi connectivity index (χ2v) is 5.09. The number of nitrogens with zero attached hydrogens (tertiary/aromatic N) is 5. The Morgan fingerprint density at radius 2 is 2.24 bits per heavy atom. The Labute approximate surface area is 121 Å². The van der Waals surface area contributed by atoms with Gasteiger partial charge in [0.25, 0.3) is 5.56 Å². The molecule has 0 radical (unpaired) electrons. The lowest BCUT2D eigenvalue weighted by atomic mass is 10.1. The van der Waals surface area contributed by atoms with Crippen LogP contribution in [0.15, 0.2) is 9.91 Å². The van der Waals surface area contributed by atoms with E-state index in [1.807, 2.05) is 0 Å². The van der Waals surface area contributed by atoms with Crippen LogP contribution in [-0.2, 0) is 4.79 Å². The molecule has 21 heavy (non-hydrogen) atoms. The number of carbonyl (C=O) groups excluding carboxylic acids is 1. The highest BCUT2D eigenvalue weighted by Gasteiger charge is 2.31. The van der Waals surface area contributed by atoms with E-state index in [1.54, 1.807) is 0 Å². The van der Waals surface area contributed by atoms with Crippen LogP contribution in [0, 0.1) is 10.7 Å². The van der Waals surface area contributed by atoms with Gasteiger partial charge in [-0.25, -0.2) is 0 Å². The first-order valence-electron chi connectivity index (χ1n) is 6.12. The van der Waals surface area contributed by atoms with E-state index in [0.717, 1.165) is 0 Å². The SMILES string of the molecule is [N-]=[N+]=NCC1CC(=O)N(c2nc3[nH]c(=S)[nH]c3c(=O)[nH]2)C1. The van der Waals surface area contributed by atoms with Gasteiger partial charge >= 0.3 is 0 Å². The first kappa shape index (κ1) is 13.3. The van der Waals surface area contributed by atoms with Crippen molar-refractivity contribution in [3.8, 4) is 0 Å². The van der Waals surface area contributed by atoms with Crippen molar-refractivity contribution < 1.29 is 4.79 Å². The molecule has 0 aliphatic carbocycles. The van der Waals surface area contributed by atoms with Gasteiger partial charge in [-0.15, -0.1) is 0 Å². The molecule has 2 aromatic heterocycles. The summed E-state index contributed by atoms with van der Waals surface area (Å²) in [5.74, 6) is -0.102. The summed E-state index contributed by atoms with van der Waals surface area (Å²) < 4.78 is 0.286. The zero-order chi connectivity index (χ0) is 15.0. The van der Waals surface area contributed by atoms with Gasteiger partial charge in [0, 0.05) is 24.4 Å². The third-order valence-electron chi connectivity index (χ3n) is 3.24. The Bertz CT molecular complexity index is 873. The number of H-pyrrole nitrogens is 3. The average molecular weight is 306 g/mol. The van der Waals surface area contributed by atoms with E-state index in [0.29, 0.717) is 12.2 Å². The number of rotatable bonds is 3. The highest BCUT2D eigenvalue weighted by molar-refractivity contribution is 7.71. The number of hydrogen-bond acceptors (Lipinski definition) is 5. The average Bonchev–Trinajstić information content (AvgIpc) is 2.99. The lowest BCUT2D eigenvalue weighted by Crippen LogP contribution is -2.29. The predicted octanol–water partition coefficient (Wildman–Crippen LogP) is 0.972. The molecule has 1 amide bonds. The molecule has 3 N–H and O–H groups in total. The van der Waals surface area contributed by atoms with E-state index in [-0.39, 0.29) is 41.0 Å². The normalized spacial score (nSPS) is 18.2. The van der Waals surface area contributed by atoms with Crippen molar-refractivity contribution in [3.05, 3.63) is 25.6 Å². The van der Waals surface area contributed by atoms with Crippen LogP contribution in [0.25, 0.3) is 21.6 Å². The molecule has 11 heteroatoms. The third-order valence-corrected chi connectivity index (χ3v) is 3.45. The summed E-state index contributed by atoms with van der Waals surface area (Å²) in [7, 11) is 0. The van der Waals surface area contributed by atoms with Gasteiger partial charge < -0.3 is 9.97 Å². The maximum absolute atomic E-state index is 12.0. The highest BCUT2D eigenvalue weighted by atomic mass is 32.1. The highest BCUT2D eigenvalue weighted by Crippen LogP contribution is 2.22. The van der Waals surface area contributed by atoms with Gasteiger partial charge in [0.15, 0.2) is 10.4 Å². The minimum Gasteiger partial charge on any atom is -0.325 e. The Morgan fingerprint density at radius 3 is 3.00 bits per heavy atom. The number of imidazole rings is 1. The molecule has 0 saturated carbocycles. The van der Waals surface area contributed by atoms with Crippen LogP contribution in [-0.4, -0.2) is 38.9 Å². The van der Waals surface area contributed by atoms with Gasteiger partial charge in [0.2, 0.25) is 11.9 Å². The summed E-state index contributed by atoms with van der Waals surface area (Å²) in [5, 5.41) is 3.47. The fourth-order valence-corrected chi connectivity index (χ4v) is 2.51. The molecule has 1 unspecified atom stereocenters. The monoisotopic (exact) mass is 306 g/mol. The molecule has 1 fully saturated rings. The molecule has 1 aliphatic heterocycles. The molecule has 2 aromatic rings. The van der Waals surface area contributed by atoms with Crippen molar-refractivity contribution in [3.63, 3.8) is 0 Å². The zero-order valence-electron chi connectivity index (χ0n) is 10.7. The summed E-state index contributed by atoms with van der Waals surface area (Å²) >= 11 is 4.91. The Morgan fingerprint density at radius 1 is 1.43 bits per heavy atom. The molecule has 0 bridgehead atoms. The van der Waals surface area contributed by atoms with Crippen LogP contribution in [0.2, 0.25) is 0 Å². The number of anilines is 1. The molecule has 0 aromatic carbocycles. The quantitative estimate of drug-likeness (QED) is 0.335. The lowest BCUT2D eigenvalue weighted by molar-refractivity contribution is -0.117. The standard InChI is InChI=1S/C10H10N8O2S/c11-17-12-2-4-1-5(19)18(3-4)9-14-7-6(8(20)16-9)13-10(21)15-7/h4H,1-3H2,(H3,13,14,15,16,20,21). The maximum Gasteiger partial charge on any atom is 0.278 e. The van der Waals surface area contributed by atoms with Crippen molar-refractivity contribution in [2.75, 3.05) is 18.0 Å². The van der Waals surface area contributed by atoms with E-state index in [4.69, 9.17) is 17.7 Å². The van der Waals surface area contributed by atoms with Crippen molar-refractivity contribution in [1.29, 1.82) is 0 Å². The second-order valence-electron chi connectivity index (χ2n) is 4.68. The summed E-state index contributed by atoms with van der Waals surface area (Å²) in [6.07, 6.45) is 0.254. The largest absolute Gasteiger partial charge is 0.325 e. The van der Waals surface area contributed by atoms with Gasteiger partial charge in [-0.05, 0) is 23.7 Å². The summed E-state index contributed by atoms with van der Waals surface area (Å²) in [6.45, 7) is 0.579. The van der Waals surface area contributed by atoms with E-state index in [9.17, 15) is 9.59 Å². The molecule has 1 atom stereocenters. The maximum atomic E-state index is 12.0. The number of carbonyl (C=O) groups is 1. The van der Waals surface area contributed by atoms with E-state index in [1.165, 1.54) is 4.90 Å². The molecule has 3 rings (SSSR count). The zero-order valence-corrected chi connectivity index (χ0v) is 11.5. The minimum atomic E-state index is -0.409. The number of aromatic nitrogens is 4. The number of aromatic amines is 3. The van der Waals surface area contributed by atoms with E-state index < -0.39 is 5.56 Å². The molecule has 1 saturated heterocycles. The number of hydrogen-bond donors (Lipinski definition) is 3. The number of fused-ring (bicyclic) bond motifs is 1. The van der Waals surface area contributed by atoms with Crippen LogP contribution < -0.4 is 10.5 Å². The number of amides is 1. The Hall–Kier alpha value is -2.65. The first-order valence-corrected chi connectivity index (χ1v) is 6.53. The van der Waals surface area contributed by atoms with Crippen LogP contribution in [0.5, 0.6) is 0 Å². The Balaban J connectivity index is 1.97. The van der Waals surface area contributed by atoms with Gasteiger partial charge in [-0.3, -0.25) is 19.5 Å². The summed E-state index contributed by atoms with van der Waals surface area (Å²) in [4.78, 5) is 40.2. The van der Waals surface area contributed by atoms with Crippen molar-refractivity contribution >= 4 is 35.2 Å². The van der Waals surface area contributed by atoms with Gasteiger partial charge in [0.1, 0.15) is 5.52 Å². The van der Waals surface area contributed by atoms with Crippen LogP contribution in [0.1, 0.15) is 6.42 Å². The minimum absolute atomic E-state index is 0.0842. The van der Waals surface area contributed by atoms with Crippen molar-refractivity contribution in [2.24, 2.45) is 11.0 Å². The molecule has 10 nitrogen and oxygen atoms in total. The topological polar surface area (TPSA) is 146 Å². The molecular formula is C10H10N8O2S. The molecule has 3 heterocycles. The van der Waals surface area contributed by atoms with Crippen molar-refractivity contribution in [1.82, 2.24) is 19.9 Å². The summed E-state index contributed by atoms with van der Waals surface area (Å²) in [6, 6.07) is 0. The smallest absolute Gasteiger partial charge is 0.278 e. The predicted molar refractivity (Wildman–Crippen MR) is 76.4 cm³/mol. The van der Waals surface area contributed by atoms with E-state index in [2.05, 4.69) is 30.0 Å². The van der Waals surface area contributed by atoms with E-state index >= 15 is 0 Å². The summed E-state index contributed by atoms with van der Waals surface area (Å²) in [5.41, 5.74) is 8.44. The van der Waals surface area contributed by atoms with Gasteiger partial charge in [-0.2, -0.15) is 4.98 Å². The lowest BCUT2D eigenvalue weighted by Gasteiger charge is -2.14. The van der Waals surface area contributed by atoms with Gasteiger partial charge in [0.05, 0.1) is 0 Å². The Kier molecular flexibility index (Phi) is 3.20. The first-order chi connectivity index (χ1) is 10.1. The molecular weight excluding hydrogens is 296 g/mol. The number of nitrogens with one attached hydrogen (secondary N) is 3.